The molecule has 1 aromatic carbocycles. The van der Waals surface area contributed by atoms with Gasteiger partial charge in [-0.05, 0) is 40.5 Å². The van der Waals surface area contributed by atoms with Crippen molar-refractivity contribution in [1.29, 1.82) is 0 Å². The largest absolute Gasteiger partial charge is 0.308 e. The molecule has 0 atom stereocenters. The van der Waals surface area contributed by atoms with Crippen molar-refractivity contribution in [1.82, 2.24) is 5.32 Å². The standard InChI is InChI=1S/C13H13BrN2O2S/c1-9-2-3-10(6-12(9)16(17)18)7-15-8-11-4-5-13(14)19-11/h2-6,15H,7-8H2,1H3. The maximum absolute atomic E-state index is 10.9. The van der Waals surface area contributed by atoms with Gasteiger partial charge in [-0.1, -0.05) is 12.1 Å². The molecule has 0 aliphatic heterocycles. The fraction of sp³-hybridized carbons (Fsp3) is 0.231. The summed E-state index contributed by atoms with van der Waals surface area (Å²) in [4.78, 5) is 11.7. The molecule has 0 aliphatic carbocycles. The molecule has 1 heterocycles. The number of nitro groups is 1. The van der Waals surface area contributed by atoms with Gasteiger partial charge in [0.1, 0.15) is 0 Å². The fourth-order valence-corrected chi connectivity index (χ4v) is 3.19. The lowest BCUT2D eigenvalue weighted by Crippen LogP contribution is -2.12. The van der Waals surface area contributed by atoms with Crippen molar-refractivity contribution < 1.29 is 4.92 Å². The maximum Gasteiger partial charge on any atom is 0.272 e. The van der Waals surface area contributed by atoms with Crippen LogP contribution in [0.2, 0.25) is 0 Å². The summed E-state index contributed by atoms with van der Waals surface area (Å²) in [5.74, 6) is 0. The highest BCUT2D eigenvalue weighted by molar-refractivity contribution is 9.11. The van der Waals surface area contributed by atoms with Crippen molar-refractivity contribution in [3.63, 3.8) is 0 Å². The second kappa shape index (κ2) is 6.27. The molecule has 0 saturated carbocycles. The second-order valence-corrected chi connectivity index (χ2v) is 6.73. The third-order valence-electron chi connectivity index (χ3n) is 2.73. The van der Waals surface area contributed by atoms with E-state index in [4.69, 9.17) is 0 Å². The Hall–Kier alpha value is -1.24. The van der Waals surface area contributed by atoms with Crippen molar-refractivity contribution >= 4 is 33.0 Å². The summed E-state index contributed by atoms with van der Waals surface area (Å²) in [6, 6.07) is 9.40. The molecule has 0 bridgehead atoms. The Morgan fingerprint density at radius 2 is 2.11 bits per heavy atom. The predicted molar refractivity (Wildman–Crippen MR) is 80.4 cm³/mol. The molecule has 1 N–H and O–H groups in total. The Labute approximate surface area is 123 Å². The zero-order valence-corrected chi connectivity index (χ0v) is 12.8. The molecule has 100 valence electrons. The first-order chi connectivity index (χ1) is 9.06. The molecule has 1 aromatic heterocycles. The number of aryl methyl sites for hydroxylation is 1. The van der Waals surface area contributed by atoms with Gasteiger partial charge < -0.3 is 5.32 Å². The van der Waals surface area contributed by atoms with Crippen LogP contribution in [0.15, 0.2) is 34.1 Å². The SMILES string of the molecule is Cc1ccc(CNCc2ccc(Br)s2)cc1[N+](=O)[O-]. The molecule has 0 spiro atoms. The summed E-state index contributed by atoms with van der Waals surface area (Å²) in [6.07, 6.45) is 0. The van der Waals surface area contributed by atoms with Crippen LogP contribution in [0.1, 0.15) is 16.0 Å². The van der Waals surface area contributed by atoms with E-state index in [9.17, 15) is 10.1 Å². The van der Waals surface area contributed by atoms with E-state index >= 15 is 0 Å². The summed E-state index contributed by atoms with van der Waals surface area (Å²) >= 11 is 5.10. The fourth-order valence-electron chi connectivity index (χ4n) is 1.74. The van der Waals surface area contributed by atoms with Crippen LogP contribution in [0.25, 0.3) is 0 Å². The van der Waals surface area contributed by atoms with E-state index in [1.807, 2.05) is 12.1 Å². The van der Waals surface area contributed by atoms with E-state index in [-0.39, 0.29) is 10.6 Å². The van der Waals surface area contributed by atoms with E-state index in [1.165, 1.54) is 4.88 Å². The lowest BCUT2D eigenvalue weighted by molar-refractivity contribution is -0.385. The molecule has 0 saturated heterocycles. The van der Waals surface area contributed by atoms with Crippen molar-refractivity contribution in [2.75, 3.05) is 0 Å². The minimum Gasteiger partial charge on any atom is -0.308 e. The number of thiophene rings is 1. The van der Waals surface area contributed by atoms with E-state index in [0.717, 1.165) is 15.9 Å². The first-order valence-corrected chi connectivity index (χ1v) is 7.36. The van der Waals surface area contributed by atoms with Crippen LogP contribution in [0.4, 0.5) is 5.69 Å². The number of rotatable bonds is 5. The molecule has 0 amide bonds. The molecule has 2 aromatic rings. The number of halogens is 1. The molecular formula is C13H13BrN2O2S. The van der Waals surface area contributed by atoms with Gasteiger partial charge >= 0.3 is 0 Å². The molecular weight excluding hydrogens is 328 g/mol. The Morgan fingerprint density at radius 3 is 2.74 bits per heavy atom. The number of nitrogens with zero attached hydrogens (tertiary/aromatic N) is 1. The maximum atomic E-state index is 10.9. The van der Waals surface area contributed by atoms with E-state index in [1.54, 1.807) is 30.4 Å². The van der Waals surface area contributed by atoms with Crippen LogP contribution in [-0.4, -0.2) is 4.92 Å². The number of benzene rings is 1. The second-order valence-electron chi connectivity index (χ2n) is 4.19. The molecule has 2 rings (SSSR count). The van der Waals surface area contributed by atoms with Crippen molar-refractivity contribution in [2.45, 2.75) is 20.0 Å². The predicted octanol–water partition coefficient (Wildman–Crippen LogP) is 4.02. The number of hydrogen-bond donors (Lipinski definition) is 1. The Morgan fingerprint density at radius 1 is 1.32 bits per heavy atom. The summed E-state index contributed by atoms with van der Waals surface area (Å²) in [6.45, 7) is 3.13. The lowest BCUT2D eigenvalue weighted by atomic mass is 10.1. The van der Waals surface area contributed by atoms with Crippen molar-refractivity contribution in [3.8, 4) is 0 Å². The van der Waals surface area contributed by atoms with Gasteiger partial charge in [0.2, 0.25) is 0 Å². The van der Waals surface area contributed by atoms with E-state index < -0.39 is 0 Å². The minimum absolute atomic E-state index is 0.179. The topological polar surface area (TPSA) is 55.2 Å². The molecule has 6 heteroatoms. The Kier molecular flexibility index (Phi) is 4.68. The lowest BCUT2D eigenvalue weighted by Gasteiger charge is -2.04. The number of hydrogen-bond acceptors (Lipinski definition) is 4. The number of nitro benzene ring substituents is 1. The first-order valence-electron chi connectivity index (χ1n) is 5.75. The van der Waals surface area contributed by atoms with Gasteiger partial charge in [-0.3, -0.25) is 10.1 Å². The van der Waals surface area contributed by atoms with Crippen molar-refractivity contribution in [2.24, 2.45) is 0 Å². The molecule has 0 fully saturated rings. The van der Waals surface area contributed by atoms with Gasteiger partial charge in [0.15, 0.2) is 0 Å². The minimum atomic E-state index is -0.338. The summed E-state index contributed by atoms with van der Waals surface area (Å²) < 4.78 is 1.11. The van der Waals surface area contributed by atoms with Gasteiger partial charge in [0.05, 0.1) is 8.71 Å². The third-order valence-corrected chi connectivity index (χ3v) is 4.35. The van der Waals surface area contributed by atoms with Gasteiger partial charge in [0, 0.05) is 29.6 Å². The van der Waals surface area contributed by atoms with Crippen LogP contribution in [0.5, 0.6) is 0 Å². The van der Waals surface area contributed by atoms with Crippen LogP contribution < -0.4 is 5.32 Å². The number of nitrogens with one attached hydrogen (secondary N) is 1. The third kappa shape index (κ3) is 3.86. The molecule has 19 heavy (non-hydrogen) atoms. The average Bonchev–Trinajstić information content (AvgIpc) is 2.77. The molecule has 0 radical (unpaired) electrons. The van der Waals surface area contributed by atoms with Gasteiger partial charge in [-0.15, -0.1) is 11.3 Å². The van der Waals surface area contributed by atoms with Gasteiger partial charge in [0.25, 0.3) is 5.69 Å². The van der Waals surface area contributed by atoms with Crippen LogP contribution in [0.3, 0.4) is 0 Å². The van der Waals surface area contributed by atoms with Crippen molar-refractivity contribution in [3.05, 3.63) is 60.2 Å². The zero-order chi connectivity index (χ0) is 13.8. The summed E-state index contributed by atoms with van der Waals surface area (Å²) in [7, 11) is 0. The van der Waals surface area contributed by atoms with Crippen LogP contribution in [0, 0.1) is 17.0 Å². The molecule has 0 aliphatic rings. The highest BCUT2D eigenvalue weighted by Gasteiger charge is 2.10. The first kappa shape index (κ1) is 14.2. The Bertz CT molecular complexity index is 598. The van der Waals surface area contributed by atoms with E-state index in [0.29, 0.717) is 12.1 Å². The summed E-state index contributed by atoms with van der Waals surface area (Å²) in [5, 5.41) is 14.1. The van der Waals surface area contributed by atoms with Gasteiger partial charge in [-0.2, -0.15) is 0 Å². The summed E-state index contributed by atoms with van der Waals surface area (Å²) in [5.41, 5.74) is 1.79. The quantitative estimate of drug-likeness (QED) is 0.660. The zero-order valence-electron chi connectivity index (χ0n) is 10.4. The monoisotopic (exact) mass is 340 g/mol. The van der Waals surface area contributed by atoms with Crippen LogP contribution >= 0.6 is 27.3 Å². The Balaban J connectivity index is 1.96. The smallest absolute Gasteiger partial charge is 0.272 e. The molecule has 0 unspecified atom stereocenters. The van der Waals surface area contributed by atoms with Crippen LogP contribution in [-0.2, 0) is 13.1 Å². The highest BCUT2D eigenvalue weighted by Crippen LogP contribution is 2.22. The van der Waals surface area contributed by atoms with E-state index in [2.05, 4.69) is 27.3 Å². The highest BCUT2D eigenvalue weighted by atomic mass is 79.9. The molecule has 4 nitrogen and oxygen atoms in total. The average molecular weight is 341 g/mol. The normalized spacial score (nSPS) is 10.6. The van der Waals surface area contributed by atoms with Gasteiger partial charge in [-0.25, -0.2) is 0 Å².